The van der Waals surface area contributed by atoms with Crippen molar-refractivity contribution in [1.29, 1.82) is 0 Å². The number of aromatic nitrogens is 12. The predicted molar refractivity (Wildman–Crippen MR) is 95.6 cm³/mol. The summed E-state index contributed by atoms with van der Waals surface area (Å²) < 4.78 is 0. The van der Waals surface area contributed by atoms with Crippen LogP contribution in [-0.4, -0.2) is 85.4 Å². The average Bonchev–Trinajstić information content (AvgIpc) is 3.52. The topological polar surface area (TPSA) is 173 Å². The molecule has 0 bridgehead atoms. The first-order valence-corrected chi connectivity index (χ1v) is 8.83. The van der Waals surface area contributed by atoms with E-state index in [1.165, 1.54) is 4.80 Å². The van der Waals surface area contributed by atoms with Gasteiger partial charge in [-0.25, -0.2) is 0 Å². The summed E-state index contributed by atoms with van der Waals surface area (Å²) in [7, 11) is 0. The van der Waals surface area contributed by atoms with Gasteiger partial charge in [0.1, 0.15) is 6.54 Å². The van der Waals surface area contributed by atoms with Crippen LogP contribution in [0.4, 0.5) is 0 Å². The molecule has 4 rings (SSSR count). The van der Waals surface area contributed by atoms with Gasteiger partial charge in [0.15, 0.2) is 11.6 Å². The summed E-state index contributed by atoms with van der Waals surface area (Å²) in [6, 6.07) is 9.44. The first-order valence-electron chi connectivity index (χ1n) is 8.83. The lowest BCUT2D eigenvalue weighted by Gasteiger charge is -2.21. The molecule has 0 aliphatic heterocycles. The molecule has 14 heteroatoms. The Balaban J connectivity index is 1.41. The summed E-state index contributed by atoms with van der Waals surface area (Å²) >= 11 is 0. The van der Waals surface area contributed by atoms with Crippen LogP contribution in [-0.2, 0) is 24.2 Å². The van der Waals surface area contributed by atoms with Crippen LogP contribution in [0.3, 0.4) is 0 Å². The van der Waals surface area contributed by atoms with E-state index in [0.29, 0.717) is 43.4 Å². The molecule has 0 fully saturated rings. The fourth-order valence-corrected chi connectivity index (χ4v) is 2.64. The number of hydrogen-bond acceptors (Lipinski definition) is 10. The Morgan fingerprint density at radius 3 is 2.17 bits per heavy atom. The molecular formula is C15H17N13O. The Bertz CT molecular complexity index is 974. The SMILES string of the molecule is O=C(Cn1nnc(-c2ccccc2)n1)N(CCc1nn[nH]n1)CCc1nn[nH]n1. The Hall–Kier alpha value is -4.10. The van der Waals surface area contributed by atoms with Crippen LogP contribution in [0, 0.1) is 0 Å². The van der Waals surface area contributed by atoms with Gasteiger partial charge < -0.3 is 4.90 Å². The van der Waals surface area contributed by atoms with E-state index in [1.54, 1.807) is 4.90 Å². The Morgan fingerprint density at radius 1 is 0.931 bits per heavy atom. The second-order valence-corrected chi connectivity index (χ2v) is 6.05. The van der Waals surface area contributed by atoms with Crippen LogP contribution in [0.15, 0.2) is 30.3 Å². The quantitative estimate of drug-likeness (QED) is 0.346. The number of tetrazole rings is 3. The van der Waals surface area contributed by atoms with Crippen molar-refractivity contribution < 1.29 is 4.79 Å². The lowest BCUT2D eigenvalue weighted by atomic mass is 10.2. The molecule has 1 aromatic carbocycles. The number of aromatic amines is 2. The second-order valence-electron chi connectivity index (χ2n) is 6.05. The number of amides is 1. The van der Waals surface area contributed by atoms with Gasteiger partial charge >= 0.3 is 0 Å². The summed E-state index contributed by atoms with van der Waals surface area (Å²) in [5.74, 6) is 1.33. The van der Waals surface area contributed by atoms with Crippen molar-refractivity contribution in [1.82, 2.24) is 66.4 Å². The Morgan fingerprint density at radius 2 is 1.59 bits per heavy atom. The van der Waals surface area contributed by atoms with Crippen molar-refractivity contribution in [2.24, 2.45) is 0 Å². The third-order valence-corrected chi connectivity index (χ3v) is 4.10. The summed E-state index contributed by atoms with van der Waals surface area (Å²) in [5, 5.41) is 39.8. The highest BCUT2D eigenvalue weighted by molar-refractivity contribution is 5.75. The van der Waals surface area contributed by atoms with Crippen molar-refractivity contribution >= 4 is 5.91 Å². The fourth-order valence-electron chi connectivity index (χ4n) is 2.64. The number of carbonyl (C=O) groups excluding carboxylic acids is 1. The molecule has 0 unspecified atom stereocenters. The number of carbonyl (C=O) groups is 1. The average molecular weight is 395 g/mol. The van der Waals surface area contributed by atoms with Crippen molar-refractivity contribution in [3.63, 3.8) is 0 Å². The molecule has 0 spiro atoms. The first kappa shape index (κ1) is 18.3. The molecule has 148 valence electrons. The molecule has 0 atom stereocenters. The third kappa shape index (κ3) is 4.79. The van der Waals surface area contributed by atoms with Gasteiger partial charge in [-0.2, -0.15) is 15.2 Å². The zero-order valence-corrected chi connectivity index (χ0v) is 15.2. The van der Waals surface area contributed by atoms with Crippen LogP contribution >= 0.6 is 0 Å². The molecule has 1 amide bonds. The minimum atomic E-state index is -0.172. The molecule has 0 aliphatic rings. The molecule has 0 saturated heterocycles. The van der Waals surface area contributed by atoms with E-state index in [2.05, 4.69) is 56.7 Å². The summed E-state index contributed by atoms with van der Waals surface area (Å²) in [5.41, 5.74) is 0.831. The van der Waals surface area contributed by atoms with Crippen LogP contribution < -0.4 is 0 Å². The van der Waals surface area contributed by atoms with Crippen molar-refractivity contribution in [3.05, 3.63) is 42.0 Å². The molecule has 2 N–H and O–H groups in total. The van der Waals surface area contributed by atoms with Crippen molar-refractivity contribution in [2.45, 2.75) is 19.4 Å². The van der Waals surface area contributed by atoms with Crippen LogP contribution in [0.25, 0.3) is 11.4 Å². The minimum absolute atomic E-state index is 0.0433. The fraction of sp³-hybridized carbons (Fsp3) is 0.333. The molecule has 14 nitrogen and oxygen atoms in total. The van der Waals surface area contributed by atoms with E-state index in [0.717, 1.165) is 5.56 Å². The zero-order valence-electron chi connectivity index (χ0n) is 15.2. The van der Waals surface area contributed by atoms with Gasteiger partial charge in [0.25, 0.3) is 0 Å². The number of nitrogens with one attached hydrogen (secondary N) is 2. The van der Waals surface area contributed by atoms with Gasteiger partial charge in [0.2, 0.25) is 11.7 Å². The van der Waals surface area contributed by atoms with Crippen molar-refractivity contribution in [2.75, 3.05) is 13.1 Å². The maximum atomic E-state index is 12.8. The number of rotatable bonds is 9. The monoisotopic (exact) mass is 395 g/mol. The largest absolute Gasteiger partial charge is 0.340 e. The van der Waals surface area contributed by atoms with Gasteiger partial charge in [-0.1, -0.05) is 40.8 Å². The van der Waals surface area contributed by atoms with E-state index in [9.17, 15) is 4.79 Å². The summed E-state index contributed by atoms with van der Waals surface area (Å²) in [6.45, 7) is 0.755. The maximum Gasteiger partial charge on any atom is 0.246 e. The highest BCUT2D eigenvalue weighted by Gasteiger charge is 2.18. The lowest BCUT2D eigenvalue weighted by molar-refractivity contribution is -0.132. The molecular weight excluding hydrogens is 378 g/mol. The van der Waals surface area contributed by atoms with Crippen LogP contribution in [0.1, 0.15) is 11.6 Å². The Kier molecular flexibility index (Phi) is 5.50. The molecule has 29 heavy (non-hydrogen) atoms. The highest BCUT2D eigenvalue weighted by atomic mass is 16.2. The van der Waals surface area contributed by atoms with Gasteiger partial charge in [0.05, 0.1) is 0 Å². The lowest BCUT2D eigenvalue weighted by Crippen LogP contribution is -2.37. The molecule has 3 aromatic heterocycles. The molecule has 0 saturated carbocycles. The van der Waals surface area contributed by atoms with E-state index in [4.69, 9.17) is 0 Å². The van der Waals surface area contributed by atoms with E-state index in [1.807, 2.05) is 30.3 Å². The molecule has 0 radical (unpaired) electrons. The van der Waals surface area contributed by atoms with E-state index < -0.39 is 0 Å². The van der Waals surface area contributed by atoms with Crippen molar-refractivity contribution in [3.8, 4) is 11.4 Å². The zero-order chi connectivity index (χ0) is 19.9. The highest BCUT2D eigenvalue weighted by Crippen LogP contribution is 2.11. The maximum absolute atomic E-state index is 12.8. The van der Waals surface area contributed by atoms with E-state index >= 15 is 0 Å². The normalized spacial score (nSPS) is 10.9. The number of hydrogen-bond donors (Lipinski definition) is 2. The predicted octanol–water partition coefficient (Wildman–Crippen LogP) is -1.32. The van der Waals surface area contributed by atoms with Gasteiger partial charge in [-0.3, -0.25) is 4.79 Å². The van der Waals surface area contributed by atoms with Gasteiger partial charge in [0, 0.05) is 31.5 Å². The minimum Gasteiger partial charge on any atom is -0.340 e. The summed E-state index contributed by atoms with van der Waals surface area (Å²) in [4.78, 5) is 15.8. The standard InChI is InChI=1S/C15H17N13O/c29-14(10-28-21-15(20-26-28)11-4-2-1-3-5-11)27(8-6-12-16-22-23-17-12)9-7-13-18-24-25-19-13/h1-5H,6-10H2,(H,16,17,22,23)(H,18,19,24,25). The first-order chi connectivity index (χ1) is 14.3. The molecule has 3 heterocycles. The van der Waals surface area contributed by atoms with Crippen LogP contribution in [0.5, 0.6) is 0 Å². The number of nitrogens with zero attached hydrogens (tertiary/aromatic N) is 11. The van der Waals surface area contributed by atoms with E-state index in [-0.39, 0.29) is 12.5 Å². The van der Waals surface area contributed by atoms with Gasteiger partial charge in [-0.05, 0) is 5.21 Å². The second kappa shape index (κ2) is 8.73. The molecule has 4 aromatic rings. The number of H-pyrrole nitrogens is 2. The summed E-state index contributed by atoms with van der Waals surface area (Å²) in [6.07, 6.45) is 0.906. The number of benzene rings is 1. The Labute approximate surface area is 163 Å². The molecule has 0 aliphatic carbocycles. The smallest absolute Gasteiger partial charge is 0.246 e. The van der Waals surface area contributed by atoms with Gasteiger partial charge in [-0.15, -0.1) is 30.6 Å². The third-order valence-electron chi connectivity index (χ3n) is 4.10. The van der Waals surface area contributed by atoms with Crippen LogP contribution in [0.2, 0.25) is 0 Å².